The number of piperidine rings is 1. The number of aliphatic carboxylic acids is 1. The van der Waals surface area contributed by atoms with Crippen molar-refractivity contribution in [2.24, 2.45) is 5.92 Å². The molecule has 1 atom stereocenters. The number of methoxy groups -OCH3 is 1. The van der Waals surface area contributed by atoms with Gasteiger partial charge in [-0.05, 0) is 37.2 Å². The minimum Gasteiger partial charge on any atom is -0.480 e. The molecule has 1 aliphatic rings. The first-order valence-corrected chi connectivity index (χ1v) is 11.0. The van der Waals surface area contributed by atoms with Gasteiger partial charge in [-0.2, -0.15) is 0 Å². The van der Waals surface area contributed by atoms with Crippen LogP contribution in [0.5, 0.6) is 0 Å². The second-order valence-electron chi connectivity index (χ2n) is 7.09. The van der Waals surface area contributed by atoms with Crippen molar-refractivity contribution in [3.05, 3.63) is 35.9 Å². The molecule has 0 spiro atoms. The van der Waals surface area contributed by atoms with Crippen LogP contribution in [0, 0.1) is 5.92 Å². The maximum Gasteiger partial charge on any atom is 0.321 e. The van der Waals surface area contributed by atoms with Gasteiger partial charge in [-0.3, -0.25) is 9.59 Å². The Morgan fingerprint density at radius 1 is 1.25 bits per heavy atom. The average Bonchev–Trinajstić information content (AvgIpc) is 2.66. The zero-order valence-electron chi connectivity index (χ0n) is 16.0. The lowest BCUT2D eigenvalue weighted by molar-refractivity contribution is -0.139. The number of ether oxygens (including phenoxy) is 1. The molecule has 0 bridgehead atoms. The van der Waals surface area contributed by atoms with Crippen molar-refractivity contribution in [1.82, 2.24) is 9.62 Å². The molecule has 0 saturated carbocycles. The van der Waals surface area contributed by atoms with Crippen molar-refractivity contribution in [3.8, 4) is 0 Å². The number of rotatable bonds is 10. The number of nitrogens with one attached hydrogen (secondary N) is 1. The number of carbonyl (C=O) groups excluding carboxylic acids is 1. The van der Waals surface area contributed by atoms with Crippen LogP contribution in [0.3, 0.4) is 0 Å². The highest BCUT2D eigenvalue weighted by atomic mass is 32.2. The van der Waals surface area contributed by atoms with Crippen LogP contribution in [0.15, 0.2) is 30.3 Å². The zero-order valence-corrected chi connectivity index (χ0v) is 16.9. The summed E-state index contributed by atoms with van der Waals surface area (Å²) in [4.78, 5) is 25.1. The fraction of sp³-hybridized carbons (Fsp3) is 0.579. The highest BCUT2D eigenvalue weighted by Gasteiger charge is 2.27. The van der Waals surface area contributed by atoms with Crippen LogP contribution in [-0.2, 0) is 30.1 Å². The molecule has 1 saturated heterocycles. The minimum atomic E-state index is -3.76. The van der Waals surface area contributed by atoms with Crippen LogP contribution < -0.4 is 4.72 Å². The Labute approximate surface area is 165 Å². The number of carboxylic acids is 1. The lowest BCUT2D eigenvalue weighted by Crippen LogP contribution is -2.43. The number of nitrogens with zero attached hydrogens (tertiary/aromatic N) is 1. The summed E-state index contributed by atoms with van der Waals surface area (Å²) in [6, 6.07) is 7.49. The number of sulfonamides is 1. The number of hydrogen-bond donors (Lipinski definition) is 2. The first-order valence-electron chi connectivity index (χ1n) is 9.34. The predicted octanol–water partition coefficient (Wildman–Crippen LogP) is 1.22. The van der Waals surface area contributed by atoms with E-state index in [2.05, 4.69) is 4.72 Å². The van der Waals surface area contributed by atoms with Gasteiger partial charge in [0.25, 0.3) is 0 Å². The zero-order chi connectivity index (χ0) is 20.6. The third kappa shape index (κ3) is 7.21. The Bertz CT molecular complexity index is 745. The highest BCUT2D eigenvalue weighted by Crippen LogP contribution is 2.23. The van der Waals surface area contributed by atoms with E-state index in [0.717, 1.165) is 12.8 Å². The summed E-state index contributed by atoms with van der Waals surface area (Å²) in [5, 5.41) is 9.41. The molecule has 8 nitrogen and oxygen atoms in total. The molecule has 2 N–H and O–H groups in total. The van der Waals surface area contributed by atoms with E-state index in [1.54, 1.807) is 35.2 Å². The summed E-state index contributed by atoms with van der Waals surface area (Å²) in [5.41, 5.74) is 0.604. The molecule has 0 unspecified atom stereocenters. The van der Waals surface area contributed by atoms with Crippen LogP contribution in [-0.4, -0.2) is 63.1 Å². The van der Waals surface area contributed by atoms with Gasteiger partial charge in [0.05, 0.1) is 5.75 Å². The van der Waals surface area contributed by atoms with Crippen LogP contribution >= 0.6 is 0 Å². The smallest absolute Gasteiger partial charge is 0.321 e. The van der Waals surface area contributed by atoms with Crippen LogP contribution in [0.1, 0.15) is 31.2 Å². The van der Waals surface area contributed by atoms with Gasteiger partial charge in [-0.25, -0.2) is 13.1 Å². The first-order chi connectivity index (χ1) is 13.3. The van der Waals surface area contributed by atoms with E-state index < -0.39 is 22.0 Å². The van der Waals surface area contributed by atoms with Crippen molar-refractivity contribution in [1.29, 1.82) is 0 Å². The molecule has 28 heavy (non-hydrogen) atoms. The van der Waals surface area contributed by atoms with Crippen molar-refractivity contribution in [2.45, 2.75) is 37.5 Å². The molecule has 0 radical (unpaired) electrons. The fourth-order valence-electron chi connectivity index (χ4n) is 3.37. The second-order valence-corrected chi connectivity index (χ2v) is 8.84. The molecule has 1 amide bonds. The SMILES string of the molecule is COCC(=O)N1CCC(CC[C@@H](NS(=O)(=O)Cc2ccccc2)C(=O)O)CC1. The van der Waals surface area contributed by atoms with E-state index in [4.69, 9.17) is 4.74 Å². The molecule has 156 valence electrons. The van der Waals surface area contributed by atoms with Gasteiger partial charge < -0.3 is 14.7 Å². The van der Waals surface area contributed by atoms with E-state index >= 15 is 0 Å². The van der Waals surface area contributed by atoms with Gasteiger partial charge in [0.1, 0.15) is 12.6 Å². The summed E-state index contributed by atoms with van der Waals surface area (Å²) in [6.45, 7) is 1.30. The standard InChI is InChI=1S/C19H28N2O6S/c1-27-13-18(22)21-11-9-15(10-12-21)7-8-17(19(23)24)20-28(25,26)14-16-5-3-2-4-6-16/h2-6,15,17,20H,7-14H2,1H3,(H,23,24)/t17-/m1/s1. The highest BCUT2D eigenvalue weighted by molar-refractivity contribution is 7.88. The molecule has 1 aromatic rings. The summed E-state index contributed by atoms with van der Waals surface area (Å²) in [6.07, 6.45) is 2.37. The number of carbonyl (C=O) groups is 2. The maximum absolute atomic E-state index is 12.3. The fourth-order valence-corrected chi connectivity index (χ4v) is 4.74. The summed E-state index contributed by atoms with van der Waals surface area (Å²) in [7, 11) is -2.27. The summed E-state index contributed by atoms with van der Waals surface area (Å²) in [5.74, 6) is -1.20. The maximum atomic E-state index is 12.3. The van der Waals surface area contributed by atoms with Crippen LogP contribution in [0.4, 0.5) is 0 Å². The number of carboxylic acid groups (broad SMARTS) is 1. The van der Waals surface area contributed by atoms with E-state index in [1.165, 1.54) is 7.11 Å². The molecule has 1 heterocycles. The molecule has 2 rings (SSSR count). The molecular formula is C19H28N2O6S. The van der Waals surface area contributed by atoms with E-state index in [9.17, 15) is 23.1 Å². The van der Waals surface area contributed by atoms with E-state index in [0.29, 0.717) is 25.1 Å². The number of benzene rings is 1. The first kappa shape index (κ1) is 22.3. The van der Waals surface area contributed by atoms with Crippen molar-refractivity contribution >= 4 is 21.9 Å². The van der Waals surface area contributed by atoms with E-state index in [1.807, 2.05) is 0 Å². The van der Waals surface area contributed by atoms with Gasteiger partial charge in [0, 0.05) is 20.2 Å². The number of likely N-dealkylation sites (tertiary alicyclic amines) is 1. The number of hydrogen-bond acceptors (Lipinski definition) is 5. The molecular weight excluding hydrogens is 384 g/mol. The van der Waals surface area contributed by atoms with Crippen molar-refractivity contribution in [3.63, 3.8) is 0 Å². The van der Waals surface area contributed by atoms with Crippen molar-refractivity contribution in [2.75, 3.05) is 26.8 Å². The molecule has 1 aliphatic heterocycles. The molecule has 1 aromatic carbocycles. The Balaban J connectivity index is 1.83. The number of amides is 1. The van der Waals surface area contributed by atoms with Crippen LogP contribution in [0.25, 0.3) is 0 Å². The Kier molecular flexibility index (Phi) is 8.40. The second kappa shape index (κ2) is 10.5. The molecule has 1 fully saturated rings. The Hall–Kier alpha value is -1.97. The third-order valence-corrected chi connectivity index (χ3v) is 6.28. The topological polar surface area (TPSA) is 113 Å². The van der Waals surface area contributed by atoms with Gasteiger partial charge in [-0.15, -0.1) is 0 Å². The largest absolute Gasteiger partial charge is 0.480 e. The predicted molar refractivity (Wildman–Crippen MR) is 104 cm³/mol. The van der Waals surface area contributed by atoms with Gasteiger partial charge in [-0.1, -0.05) is 30.3 Å². The monoisotopic (exact) mass is 412 g/mol. The van der Waals surface area contributed by atoms with E-state index in [-0.39, 0.29) is 30.6 Å². The quantitative estimate of drug-likeness (QED) is 0.598. The summed E-state index contributed by atoms with van der Waals surface area (Å²) < 4.78 is 31.8. The minimum absolute atomic E-state index is 0.0435. The Morgan fingerprint density at radius 3 is 2.46 bits per heavy atom. The molecule has 0 aromatic heterocycles. The Morgan fingerprint density at radius 2 is 1.89 bits per heavy atom. The third-order valence-electron chi connectivity index (χ3n) is 4.92. The van der Waals surface area contributed by atoms with Gasteiger partial charge >= 0.3 is 5.97 Å². The van der Waals surface area contributed by atoms with Crippen LogP contribution in [0.2, 0.25) is 0 Å². The van der Waals surface area contributed by atoms with Crippen molar-refractivity contribution < 1.29 is 27.9 Å². The summed E-state index contributed by atoms with van der Waals surface area (Å²) >= 11 is 0. The van der Waals surface area contributed by atoms with Gasteiger partial charge in [0.2, 0.25) is 15.9 Å². The lowest BCUT2D eigenvalue weighted by Gasteiger charge is -2.32. The molecule has 9 heteroatoms. The average molecular weight is 413 g/mol. The van der Waals surface area contributed by atoms with Gasteiger partial charge in [0.15, 0.2) is 0 Å². The molecule has 0 aliphatic carbocycles. The lowest BCUT2D eigenvalue weighted by atomic mass is 9.90. The normalized spacial score (nSPS) is 16.7.